The second-order valence-corrected chi connectivity index (χ2v) is 5.83. The van der Waals surface area contributed by atoms with Crippen LogP contribution in [0.15, 0.2) is 42.5 Å². The SMILES string of the molecule is COc1cc2c(cc1OC)[C@H](c1ccccc1)N(CC(=O)O)CC2. The van der Waals surface area contributed by atoms with Gasteiger partial charge in [-0.1, -0.05) is 30.3 Å². The molecule has 126 valence electrons. The summed E-state index contributed by atoms with van der Waals surface area (Å²) in [7, 11) is 3.23. The lowest BCUT2D eigenvalue weighted by atomic mass is 9.87. The summed E-state index contributed by atoms with van der Waals surface area (Å²) >= 11 is 0. The number of nitrogens with zero attached hydrogens (tertiary/aromatic N) is 1. The molecule has 2 aromatic rings. The smallest absolute Gasteiger partial charge is 0.317 e. The zero-order valence-corrected chi connectivity index (χ0v) is 13.9. The van der Waals surface area contributed by atoms with E-state index in [9.17, 15) is 9.90 Å². The number of carboxylic acids is 1. The van der Waals surface area contributed by atoms with Gasteiger partial charge < -0.3 is 14.6 Å². The van der Waals surface area contributed by atoms with Gasteiger partial charge in [0.15, 0.2) is 11.5 Å². The molecular formula is C19H21NO4. The molecule has 5 nitrogen and oxygen atoms in total. The van der Waals surface area contributed by atoms with E-state index in [1.807, 2.05) is 47.4 Å². The Morgan fingerprint density at radius 2 is 1.83 bits per heavy atom. The Kier molecular flexibility index (Phi) is 4.71. The molecule has 0 unspecified atom stereocenters. The van der Waals surface area contributed by atoms with Crippen LogP contribution in [0.2, 0.25) is 0 Å². The molecule has 0 radical (unpaired) electrons. The number of carboxylic acid groups (broad SMARTS) is 1. The van der Waals surface area contributed by atoms with Crippen molar-refractivity contribution in [3.63, 3.8) is 0 Å². The Morgan fingerprint density at radius 3 is 2.46 bits per heavy atom. The maximum atomic E-state index is 11.3. The normalized spacial score (nSPS) is 17.2. The van der Waals surface area contributed by atoms with Gasteiger partial charge in [-0.05, 0) is 35.2 Å². The van der Waals surface area contributed by atoms with Gasteiger partial charge in [0.05, 0.1) is 26.8 Å². The highest BCUT2D eigenvalue weighted by atomic mass is 16.5. The molecule has 0 bridgehead atoms. The van der Waals surface area contributed by atoms with E-state index in [1.165, 1.54) is 5.56 Å². The van der Waals surface area contributed by atoms with E-state index in [1.54, 1.807) is 14.2 Å². The van der Waals surface area contributed by atoms with Crippen LogP contribution in [0.5, 0.6) is 11.5 Å². The van der Waals surface area contributed by atoms with Gasteiger partial charge in [0.2, 0.25) is 0 Å². The third-order valence-electron chi connectivity index (χ3n) is 4.43. The van der Waals surface area contributed by atoms with Crippen LogP contribution in [-0.2, 0) is 11.2 Å². The highest BCUT2D eigenvalue weighted by Gasteiger charge is 2.31. The molecule has 0 saturated heterocycles. The van der Waals surface area contributed by atoms with Crippen molar-refractivity contribution in [3.05, 3.63) is 59.2 Å². The molecule has 0 aliphatic carbocycles. The number of aliphatic carboxylic acids is 1. The molecule has 0 spiro atoms. The molecule has 1 aliphatic heterocycles. The van der Waals surface area contributed by atoms with Crippen LogP contribution in [0.4, 0.5) is 0 Å². The molecule has 5 heteroatoms. The molecule has 0 aromatic heterocycles. The van der Waals surface area contributed by atoms with E-state index in [4.69, 9.17) is 9.47 Å². The minimum Gasteiger partial charge on any atom is -0.493 e. The van der Waals surface area contributed by atoms with E-state index in [0.717, 1.165) is 17.5 Å². The fourth-order valence-corrected chi connectivity index (χ4v) is 3.37. The van der Waals surface area contributed by atoms with Crippen LogP contribution in [0.25, 0.3) is 0 Å². The van der Waals surface area contributed by atoms with Gasteiger partial charge >= 0.3 is 5.97 Å². The molecule has 1 N–H and O–H groups in total. The molecule has 1 atom stereocenters. The van der Waals surface area contributed by atoms with E-state index in [-0.39, 0.29) is 12.6 Å². The summed E-state index contributed by atoms with van der Waals surface area (Å²) in [6.07, 6.45) is 0.784. The molecular weight excluding hydrogens is 306 g/mol. The van der Waals surface area contributed by atoms with Crippen molar-refractivity contribution >= 4 is 5.97 Å². The Morgan fingerprint density at radius 1 is 1.17 bits per heavy atom. The quantitative estimate of drug-likeness (QED) is 0.915. The Balaban J connectivity index is 2.12. The van der Waals surface area contributed by atoms with E-state index in [0.29, 0.717) is 18.0 Å². The van der Waals surface area contributed by atoms with Crippen LogP contribution in [0.1, 0.15) is 22.7 Å². The predicted molar refractivity (Wildman–Crippen MR) is 90.7 cm³/mol. The number of hydrogen-bond donors (Lipinski definition) is 1. The van der Waals surface area contributed by atoms with Gasteiger partial charge in [-0.2, -0.15) is 0 Å². The molecule has 0 saturated carbocycles. The van der Waals surface area contributed by atoms with Crippen molar-refractivity contribution in [2.75, 3.05) is 27.3 Å². The number of benzene rings is 2. The van der Waals surface area contributed by atoms with Crippen molar-refractivity contribution in [1.82, 2.24) is 4.90 Å². The predicted octanol–water partition coefficient (Wildman–Crippen LogP) is 2.74. The average Bonchev–Trinajstić information content (AvgIpc) is 2.60. The van der Waals surface area contributed by atoms with Crippen molar-refractivity contribution < 1.29 is 19.4 Å². The van der Waals surface area contributed by atoms with Gasteiger partial charge in [0, 0.05) is 6.54 Å². The Bertz CT molecular complexity index is 730. The molecule has 24 heavy (non-hydrogen) atoms. The highest BCUT2D eigenvalue weighted by Crippen LogP contribution is 2.40. The van der Waals surface area contributed by atoms with Crippen molar-refractivity contribution in [2.24, 2.45) is 0 Å². The lowest BCUT2D eigenvalue weighted by molar-refractivity contribution is -0.138. The topological polar surface area (TPSA) is 59.0 Å². The van der Waals surface area contributed by atoms with Gasteiger partial charge in [0.25, 0.3) is 0 Å². The van der Waals surface area contributed by atoms with Crippen LogP contribution < -0.4 is 9.47 Å². The number of fused-ring (bicyclic) bond motifs is 1. The Hall–Kier alpha value is -2.53. The first-order valence-corrected chi connectivity index (χ1v) is 7.89. The summed E-state index contributed by atoms with van der Waals surface area (Å²) in [5.41, 5.74) is 3.32. The minimum atomic E-state index is -0.820. The number of ether oxygens (including phenoxy) is 2. The highest BCUT2D eigenvalue weighted by molar-refractivity contribution is 5.69. The molecule has 1 aliphatic rings. The third kappa shape index (κ3) is 3.08. The number of carbonyl (C=O) groups is 1. The van der Waals surface area contributed by atoms with Gasteiger partial charge in [-0.15, -0.1) is 0 Å². The second-order valence-electron chi connectivity index (χ2n) is 5.83. The zero-order valence-electron chi connectivity index (χ0n) is 13.9. The fourth-order valence-electron chi connectivity index (χ4n) is 3.37. The minimum absolute atomic E-state index is 0.00729. The van der Waals surface area contributed by atoms with Crippen LogP contribution in [0, 0.1) is 0 Å². The van der Waals surface area contributed by atoms with Gasteiger partial charge in [0.1, 0.15) is 0 Å². The molecule has 2 aromatic carbocycles. The maximum absolute atomic E-state index is 11.3. The summed E-state index contributed by atoms with van der Waals surface area (Å²) in [5, 5.41) is 9.27. The van der Waals surface area contributed by atoms with Crippen molar-refractivity contribution in [3.8, 4) is 11.5 Å². The Labute approximate surface area is 141 Å². The molecule has 1 heterocycles. The first kappa shape index (κ1) is 16.3. The molecule has 0 amide bonds. The zero-order chi connectivity index (χ0) is 17.1. The summed E-state index contributed by atoms with van der Waals surface area (Å²) in [6, 6.07) is 13.8. The number of rotatable bonds is 5. The fraction of sp³-hybridized carbons (Fsp3) is 0.316. The van der Waals surface area contributed by atoms with Gasteiger partial charge in [-0.3, -0.25) is 9.69 Å². The van der Waals surface area contributed by atoms with Crippen LogP contribution in [-0.4, -0.2) is 43.3 Å². The number of hydrogen-bond acceptors (Lipinski definition) is 4. The summed E-state index contributed by atoms with van der Waals surface area (Å²) in [5.74, 6) is 0.545. The monoisotopic (exact) mass is 327 g/mol. The first-order chi connectivity index (χ1) is 11.6. The first-order valence-electron chi connectivity index (χ1n) is 7.89. The summed E-state index contributed by atoms with van der Waals surface area (Å²) in [4.78, 5) is 13.3. The maximum Gasteiger partial charge on any atom is 0.317 e. The van der Waals surface area contributed by atoms with Crippen LogP contribution >= 0.6 is 0 Å². The third-order valence-corrected chi connectivity index (χ3v) is 4.43. The van der Waals surface area contributed by atoms with Crippen molar-refractivity contribution in [2.45, 2.75) is 12.5 Å². The second kappa shape index (κ2) is 6.93. The molecule has 3 rings (SSSR count). The standard InChI is InChI=1S/C19H21NO4/c1-23-16-10-14-8-9-20(12-18(21)22)19(13-6-4-3-5-7-13)15(14)11-17(16)24-2/h3-7,10-11,19H,8-9,12H2,1-2H3,(H,21,22)/t19-/m0/s1. The van der Waals surface area contributed by atoms with E-state index in [2.05, 4.69) is 0 Å². The lowest BCUT2D eigenvalue weighted by Gasteiger charge is -2.37. The summed E-state index contributed by atoms with van der Waals surface area (Å²) in [6.45, 7) is 0.696. The lowest BCUT2D eigenvalue weighted by Crippen LogP contribution is -2.39. The van der Waals surface area contributed by atoms with Crippen molar-refractivity contribution in [1.29, 1.82) is 0 Å². The average molecular weight is 327 g/mol. The number of methoxy groups -OCH3 is 2. The van der Waals surface area contributed by atoms with Crippen LogP contribution in [0.3, 0.4) is 0 Å². The summed E-state index contributed by atoms with van der Waals surface area (Å²) < 4.78 is 10.8. The van der Waals surface area contributed by atoms with Gasteiger partial charge in [-0.25, -0.2) is 0 Å². The largest absolute Gasteiger partial charge is 0.493 e. The van der Waals surface area contributed by atoms with E-state index < -0.39 is 5.97 Å². The van der Waals surface area contributed by atoms with E-state index >= 15 is 0 Å². The molecule has 0 fully saturated rings.